The number of aryl methyl sites for hydroxylation is 1. The second-order valence-corrected chi connectivity index (χ2v) is 5.45. The quantitative estimate of drug-likeness (QED) is 0.674. The van der Waals surface area contributed by atoms with Gasteiger partial charge in [-0.25, -0.2) is 13.5 Å². The smallest absolute Gasteiger partial charge is 0.268 e. The van der Waals surface area contributed by atoms with E-state index in [0.29, 0.717) is 5.69 Å². The van der Waals surface area contributed by atoms with Crippen molar-refractivity contribution < 1.29 is 8.42 Å². The van der Waals surface area contributed by atoms with Gasteiger partial charge in [-0.1, -0.05) is 0 Å². The van der Waals surface area contributed by atoms with Crippen LogP contribution in [0.1, 0.15) is 5.69 Å². The summed E-state index contributed by atoms with van der Waals surface area (Å²) in [5, 5.41) is 9.51. The van der Waals surface area contributed by atoms with Crippen molar-refractivity contribution in [2.24, 2.45) is 7.05 Å². The summed E-state index contributed by atoms with van der Waals surface area (Å²) in [4.78, 5) is 10.7. The molecule has 2 heterocycles. The molecule has 0 aliphatic heterocycles. The molecule has 0 saturated heterocycles. The first kappa shape index (κ1) is 13.1. The highest BCUT2D eigenvalue weighted by Crippen LogP contribution is 2.22. The maximum atomic E-state index is 12.2. The molecule has 0 radical (unpaired) electrons. The first-order chi connectivity index (χ1) is 8.81. The maximum absolute atomic E-state index is 12.2. The number of H-pyrrole nitrogens is 1. The zero-order chi connectivity index (χ0) is 14.2. The molecule has 4 N–H and O–H groups in total. The standard InChI is InChI=1S/C9H12N6O3S/c1-5-8(9(10)13-15(5)2)19(17,18)14-6-3-4-7(16)12-11-6/h3-4H,1-2H3,(H2,10,13)(H,11,14)(H,12,16). The van der Waals surface area contributed by atoms with Crippen molar-refractivity contribution in [3.63, 3.8) is 0 Å². The van der Waals surface area contributed by atoms with Gasteiger partial charge in [0.2, 0.25) is 0 Å². The number of hydrogen-bond donors (Lipinski definition) is 3. The van der Waals surface area contributed by atoms with Gasteiger partial charge in [-0.05, 0) is 13.0 Å². The topological polar surface area (TPSA) is 136 Å². The van der Waals surface area contributed by atoms with E-state index in [1.54, 1.807) is 14.0 Å². The second-order valence-electron chi connectivity index (χ2n) is 3.84. The number of nitrogens with two attached hydrogens (primary N) is 1. The lowest BCUT2D eigenvalue weighted by atomic mass is 10.5. The molecule has 10 heteroatoms. The fraction of sp³-hybridized carbons (Fsp3) is 0.222. The molecule has 2 aromatic heterocycles. The summed E-state index contributed by atoms with van der Waals surface area (Å²) in [5.74, 6) is -0.112. The largest absolute Gasteiger partial charge is 0.381 e. The third-order valence-electron chi connectivity index (χ3n) is 2.49. The van der Waals surface area contributed by atoms with Crippen LogP contribution in [0.4, 0.5) is 11.6 Å². The van der Waals surface area contributed by atoms with E-state index in [4.69, 9.17) is 5.73 Å². The normalized spacial score (nSPS) is 11.5. The summed E-state index contributed by atoms with van der Waals surface area (Å²) >= 11 is 0. The van der Waals surface area contributed by atoms with Crippen molar-refractivity contribution in [3.05, 3.63) is 28.2 Å². The average molecular weight is 284 g/mol. The molecule has 0 unspecified atom stereocenters. The highest BCUT2D eigenvalue weighted by atomic mass is 32.2. The van der Waals surface area contributed by atoms with E-state index in [0.717, 1.165) is 6.07 Å². The number of aromatic amines is 1. The summed E-state index contributed by atoms with van der Waals surface area (Å²) in [7, 11) is -2.32. The van der Waals surface area contributed by atoms with Crippen LogP contribution in [0.3, 0.4) is 0 Å². The molecule has 9 nitrogen and oxygen atoms in total. The Morgan fingerprint density at radius 2 is 2.11 bits per heavy atom. The highest BCUT2D eigenvalue weighted by molar-refractivity contribution is 7.93. The Morgan fingerprint density at radius 1 is 1.42 bits per heavy atom. The van der Waals surface area contributed by atoms with Crippen LogP contribution in [0.25, 0.3) is 0 Å². The maximum Gasteiger partial charge on any atom is 0.268 e. The van der Waals surface area contributed by atoms with Gasteiger partial charge in [0, 0.05) is 13.1 Å². The number of aromatic nitrogens is 4. The van der Waals surface area contributed by atoms with Crippen molar-refractivity contribution in [1.29, 1.82) is 0 Å². The lowest BCUT2D eigenvalue weighted by Crippen LogP contribution is -2.18. The second kappa shape index (κ2) is 4.39. The van der Waals surface area contributed by atoms with Crippen LogP contribution in [0.15, 0.2) is 21.8 Å². The lowest BCUT2D eigenvalue weighted by molar-refractivity contribution is 0.600. The Kier molecular flexibility index (Phi) is 3.02. The predicted octanol–water partition coefficient (Wildman–Crippen LogP) is -0.805. The van der Waals surface area contributed by atoms with E-state index in [-0.39, 0.29) is 16.5 Å². The van der Waals surface area contributed by atoms with Gasteiger partial charge >= 0.3 is 0 Å². The summed E-state index contributed by atoms with van der Waals surface area (Å²) in [6.07, 6.45) is 0. The van der Waals surface area contributed by atoms with Crippen LogP contribution in [0.5, 0.6) is 0 Å². The average Bonchev–Trinajstić information content (AvgIpc) is 2.56. The monoisotopic (exact) mass is 284 g/mol. The first-order valence-corrected chi connectivity index (χ1v) is 6.67. The molecule has 0 atom stereocenters. The Hall–Kier alpha value is -2.36. The van der Waals surface area contributed by atoms with E-state index in [1.807, 2.05) is 0 Å². The third-order valence-corrected chi connectivity index (χ3v) is 4.01. The fourth-order valence-corrected chi connectivity index (χ4v) is 2.86. The van der Waals surface area contributed by atoms with Gasteiger partial charge in [-0.3, -0.25) is 14.2 Å². The van der Waals surface area contributed by atoms with Crippen LogP contribution >= 0.6 is 0 Å². The number of nitrogen functional groups attached to an aromatic ring is 1. The molecule has 0 aromatic carbocycles. The van der Waals surface area contributed by atoms with Gasteiger partial charge in [-0.15, -0.1) is 0 Å². The predicted molar refractivity (Wildman–Crippen MR) is 68.0 cm³/mol. The first-order valence-electron chi connectivity index (χ1n) is 5.19. The summed E-state index contributed by atoms with van der Waals surface area (Å²) in [5.41, 5.74) is 5.54. The number of anilines is 2. The summed E-state index contributed by atoms with van der Waals surface area (Å²) in [6.45, 7) is 1.58. The Bertz CT molecular complexity index is 755. The van der Waals surface area contributed by atoms with Crippen LogP contribution in [0.2, 0.25) is 0 Å². The lowest BCUT2D eigenvalue weighted by Gasteiger charge is -2.06. The van der Waals surface area contributed by atoms with Crippen molar-refractivity contribution in [3.8, 4) is 0 Å². The van der Waals surface area contributed by atoms with E-state index < -0.39 is 15.6 Å². The number of hydrogen-bond acceptors (Lipinski definition) is 6. The molecule has 0 amide bonds. The summed E-state index contributed by atoms with van der Waals surface area (Å²) < 4.78 is 27.9. The van der Waals surface area contributed by atoms with E-state index >= 15 is 0 Å². The number of rotatable bonds is 3. The van der Waals surface area contributed by atoms with Gasteiger partial charge in [0.15, 0.2) is 16.5 Å². The van der Waals surface area contributed by atoms with Gasteiger partial charge in [0.1, 0.15) is 0 Å². The van der Waals surface area contributed by atoms with Crippen LogP contribution in [-0.2, 0) is 17.1 Å². The van der Waals surface area contributed by atoms with Crippen molar-refractivity contribution in [2.45, 2.75) is 11.8 Å². The molecule has 102 valence electrons. The van der Waals surface area contributed by atoms with Crippen molar-refractivity contribution >= 4 is 21.7 Å². The number of nitrogens with zero attached hydrogens (tertiary/aromatic N) is 3. The van der Waals surface area contributed by atoms with Gasteiger partial charge in [0.25, 0.3) is 15.6 Å². The van der Waals surface area contributed by atoms with Crippen LogP contribution < -0.4 is 16.0 Å². The minimum atomic E-state index is -3.91. The Morgan fingerprint density at radius 3 is 2.58 bits per heavy atom. The van der Waals surface area contributed by atoms with E-state index in [2.05, 4.69) is 20.0 Å². The molecule has 0 aliphatic rings. The van der Waals surface area contributed by atoms with Gasteiger partial charge in [0.05, 0.1) is 5.69 Å². The summed E-state index contributed by atoms with van der Waals surface area (Å²) in [6, 6.07) is 2.41. The minimum Gasteiger partial charge on any atom is -0.381 e. The SMILES string of the molecule is Cc1c(S(=O)(=O)Nc2ccc(=O)[nH]n2)c(N)nn1C. The van der Waals surface area contributed by atoms with Crippen LogP contribution in [-0.4, -0.2) is 28.4 Å². The fourth-order valence-electron chi connectivity index (χ4n) is 1.54. The molecule has 0 spiro atoms. The zero-order valence-electron chi connectivity index (χ0n) is 10.2. The molecule has 2 aromatic rings. The molecule has 19 heavy (non-hydrogen) atoms. The number of sulfonamides is 1. The minimum absolute atomic E-state index is 0.0118. The van der Waals surface area contributed by atoms with Gasteiger partial charge in [-0.2, -0.15) is 10.2 Å². The van der Waals surface area contributed by atoms with Crippen molar-refractivity contribution in [2.75, 3.05) is 10.5 Å². The molecular formula is C9H12N6O3S. The number of nitrogens with one attached hydrogen (secondary N) is 2. The van der Waals surface area contributed by atoms with Crippen molar-refractivity contribution in [1.82, 2.24) is 20.0 Å². The Labute approximate surface area is 108 Å². The molecule has 0 bridgehead atoms. The van der Waals surface area contributed by atoms with E-state index in [9.17, 15) is 13.2 Å². The molecule has 0 aliphatic carbocycles. The highest BCUT2D eigenvalue weighted by Gasteiger charge is 2.25. The molecule has 0 saturated carbocycles. The molecular weight excluding hydrogens is 272 g/mol. The van der Waals surface area contributed by atoms with Gasteiger partial charge < -0.3 is 5.73 Å². The Balaban J connectivity index is 2.43. The molecule has 0 fully saturated rings. The third kappa shape index (κ3) is 2.42. The van der Waals surface area contributed by atoms with Crippen LogP contribution in [0, 0.1) is 6.92 Å². The molecule has 2 rings (SSSR count). The van der Waals surface area contributed by atoms with E-state index in [1.165, 1.54) is 10.7 Å². The zero-order valence-corrected chi connectivity index (χ0v) is 11.0.